The number of hydrogen-bond donors (Lipinski definition) is 3. The first-order valence-electron chi connectivity index (χ1n) is 9.99. The first kappa shape index (κ1) is 21.3. The van der Waals surface area contributed by atoms with E-state index in [0.29, 0.717) is 28.6 Å². The number of anilines is 1. The molecular weight excluding hydrogens is 418 g/mol. The van der Waals surface area contributed by atoms with Crippen LogP contribution >= 0.6 is 0 Å². The number of nitrogens with two attached hydrogens (primary N) is 2. The van der Waals surface area contributed by atoms with Gasteiger partial charge in [-0.15, -0.1) is 0 Å². The number of nitrogens with one attached hydrogen (secondary N) is 1. The summed E-state index contributed by atoms with van der Waals surface area (Å²) in [6.07, 6.45) is 6.13. The monoisotopic (exact) mass is 439 g/mol. The fourth-order valence-electron chi connectivity index (χ4n) is 3.43. The number of Topliss-reactive ketones (excluding diaryl/α,β-unsaturated/α-hetero) is 1. The van der Waals surface area contributed by atoms with E-state index in [4.69, 9.17) is 16.5 Å². The lowest BCUT2D eigenvalue weighted by molar-refractivity contribution is 0.101. The summed E-state index contributed by atoms with van der Waals surface area (Å²) in [4.78, 5) is 21.4. The molecule has 33 heavy (non-hydrogen) atoms. The van der Waals surface area contributed by atoms with Gasteiger partial charge in [-0.1, -0.05) is 0 Å². The molecule has 10 nitrogen and oxygen atoms in total. The standard InChI is InChI=1S/C23H21N9O/c1-14-9-18(12-26)30-32(14)23-19(15(2)33)4-6-22(29-23)31-13-27-20-10-16(3-5-21(20)31)28-17(11-25)7-8-24/h3-11,13,28H,24-25H2,1-2H3/b8-7-,17-11+. The summed E-state index contributed by atoms with van der Waals surface area (Å²) < 4.78 is 3.32. The highest BCUT2D eigenvalue weighted by atomic mass is 16.1. The molecule has 4 rings (SSSR count). The molecular formula is C23H21N9O. The van der Waals surface area contributed by atoms with Crippen LogP contribution in [0.15, 0.2) is 66.9 Å². The summed E-state index contributed by atoms with van der Waals surface area (Å²) in [5, 5.41) is 16.6. The molecule has 0 spiro atoms. The minimum Gasteiger partial charge on any atom is -0.405 e. The molecule has 0 unspecified atom stereocenters. The van der Waals surface area contributed by atoms with Gasteiger partial charge in [-0.05, 0) is 62.5 Å². The SMILES string of the molecule is CC(=O)c1ccc(-n2cnc3cc(NC(/C=C\N)=C/N)ccc32)nc1-n1nc(C#N)cc1C. The molecule has 0 atom stereocenters. The van der Waals surface area contributed by atoms with Crippen molar-refractivity contribution in [2.75, 3.05) is 5.32 Å². The summed E-state index contributed by atoms with van der Waals surface area (Å²) in [6, 6.07) is 12.8. The second-order valence-corrected chi connectivity index (χ2v) is 7.22. The fourth-order valence-corrected chi connectivity index (χ4v) is 3.43. The van der Waals surface area contributed by atoms with Gasteiger partial charge in [0, 0.05) is 17.6 Å². The van der Waals surface area contributed by atoms with E-state index in [1.807, 2.05) is 28.8 Å². The number of carbonyl (C=O) groups excluding carboxylic acids is 1. The van der Waals surface area contributed by atoms with Gasteiger partial charge >= 0.3 is 0 Å². The van der Waals surface area contributed by atoms with Gasteiger partial charge in [-0.25, -0.2) is 14.6 Å². The molecule has 0 aliphatic carbocycles. The smallest absolute Gasteiger partial charge is 0.166 e. The number of benzene rings is 1. The Morgan fingerprint density at radius 2 is 2.03 bits per heavy atom. The number of rotatable bonds is 6. The Balaban J connectivity index is 1.79. The summed E-state index contributed by atoms with van der Waals surface area (Å²) in [7, 11) is 0. The third-order valence-corrected chi connectivity index (χ3v) is 4.98. The van der Waals surface area contributed by atoms with Crippen LogP contribution in [0.5, 0.6) is 0 Å². The molecule has 0 saturated heterocycles. The van der Waals surface area contributed by atoms with Crippen LogP contribution in [0, 0.1) is 18.3 Å². The van der Waals surface area contributed by atoms with E-state index in [9.17, 15) is 10.1 Å². The van der Waals surface area contributed by atoms with Gasteiger partial charge in [0.15, 0.2) is 17.3 Å². The van der Waals surface area contributed by atoms with Crippen molar-refractivity contribution in [2.45, 2.75) is 13.8 Å². The number of hydrogen-bond acceptors (Lipinski definition) is 8. The summed E-state index contributed by atoms with van der Waals surface area (Å²) in [5.74, 6) is 0.754. The lowest BCUT2D eigenvalue weighted by atomic mass is 10.2. The minimum atomic E-state index is -0.154. The van der Waals surface area contributed by atoms with Crippen molar-refractivity contribution in [3.8, 4) is 17.7 Å². The lowest BCUT2D eigenvalue weighted by Crippen LogP contribution is -2.11. The van der Waals surface area contributed by atoms with Crippen molar-refractivity contribution in [1.82, 2.24) is 24.3 Å². The van der Waals surface area contributed by atoms with Crippen LogP contribution in [-0.2, 0) is 0 Å². The summed E-state index contributed by atoms with van der Waals surface area (Å²) >= 11 is 0. The molecule has 0 bridgehead atoms. The van der Waals surface area contributed by atoms with Gasteiger partial charge < -0.3 is 16.8 Å². The van der Waals surface area contributed by atoms with Crippen LogP contribution in [0.4, 0.5) is 5.69 Å². The number of aromatic nitrogens is 5. The van der Waals surface area contributed by atoms with Crippen molar-refractivity contribution in [1.29, 1.82) is 5.26 Å². The van der Waals surface area contributed by atoms with Crippen LogP contribution in [0.2, 0.25) is 0 Å². The first-order chi connectivity index (χ1) is 15.9. The largest absolute Gasteiger partial charge is 0.405 e. The van der Waals surface area contributed by atoms with E-state index in [2.05, 4.69) is 15.4 Å². The van der Waals surface area contributed by atoms with E-state index in [1.165, 1.54) is 24.0 Å². The van der Waals surface area contributed by atoms with Crippen LogP contribution in [0.3, 0.4) is 0 Å². The maximum atomic E-state index is 12.2. The molecule has 3 heterocycles. The third kappa shape index (κ3) is 4.03. The van der Waals surface area contributed by atoms with Crippen LogP contribution in [0.1, 0.15) is 28.7 Å². The highest BCUT2D eigenvalue weighted by Crippen LogP contribution is 2.24. The second kappa shape index (κ2) is 8.68. The van der Waals surface area contributed by atoms with Crippen molar-refractivity contribution in [3.05, 3.63) is 83.8 Å². The molecule has 10 heteroatoms. The molecule has 0 aliphatic heterocycles. The molecule has 0 saturated carbocycles. The second-order valence-electron chi connectivity index (χ2n) is 7.22. The number of pyridine rings is 1. The van der Waals surface area contributed by atoms with E-state index < -0.39 is 0 Å². The topological polar surface area (TPSA) is 153 Å². The Kier molecular flexibility index (Phi) is 5.61. The number of carbonyl (C=O) groups is 1. The minimum absolute atomic E-state index is 0.154. The molecule has 5 N–H and O–H groups in total. The van der Waals surface area contributed by atoms with Crippen molar-refractivity contribution >= 4 is 22.5 Å². The van der Waals surface area contributed by atoms with Gasteiger partial charge in [0.1, 0.15) is 18.2 Å². The summed E-state index contributed by atoms with van der Waals surface area (Å²) in [6.45, 7) is 3.27. The molecule has 3 aromatic heterocycles. The Morgan fingerprint density at radius 3 is 2.70 bits per heavy atom. The number of aryl methyl sites for hydroxylation is 1. The highest BCUT2D eigenvalue weighted by Gasteiger charge is 2.17. The van der Waals surface area contributed by atoms with Crippen LogP contribution in [-0.4, -0.2) is 30.1 Å². The first-order valence-corrected chi connectivity index (χ1v) is 9.99. The van der Waals surface area contributed by atoms with E-state index >= 15 is 0 Å². The Bertz CT molecular complexity index is 1470. The predicted molar refractivity (Wildman–Crippen MR) is 125 cm³/mol. The zero-order chi connectivity index (χ0) is 23.5. The predicted octanol–water partition coefficient (Wildman–Crippen LogP) is 2.67. The van der Waals surface area contributed by atoms with Crippen molar-refractivity contribution in [2.24, 2.45) is 11.5 Å². The van der Waals surface area contributed by atoms with E-state index in [1.54, 1.807) is 37.5 Å². The Hall–Kier alpha value is -4.91. The molecule has 1 aromatic carbocycles. The number of nitrogens with zero attached hydrogens (tertiary/aromatic N) is 6. The maximum absolute atomic E-state index is 12.2. The van der Waals surface area contributed by atoms with Gasteiger partial charge in [-0.2, -0.15) is 10.4 Å². The third-order valence-electron chi connectivity index (χ3n) is 4.98. The number of imidazole rings is 1. The highest BCUT2D eigenvalue weighted by molar-refractivity contribution is 5.97. The molecule has 0 aliphatic rings. The van der Waals surface area contributed by atoms with Crippen molar-refractivity contribution < 1.29 is 4.79 Å². The zero-order valence-corrected chi connectivity index (χ0v) is 18.0. The van der Waals surface area contributed by atoms with Crippen LogP contribution in [0.25, 0.3) is 22.7 Å². The normalized spacial score (nSPS) is 11.7. The number of ketones is 1. The maximum Gasteiger partial charge on any atom is 0.166 e. The Labute approximate surface area is 189 Å². The number of nitriles is 1. The van der Waals surface area contributed by atoms with E-state index in [0.717, 1.165) is 16.7 Å². The number of allylic oxidation sites excluding steroid dienone is 1. The zero-order valence-electron chi connectivity index (χ0n) is 18.0. The fraction of sp³-hybridized carbons (Fsp3) is 0.0870. The van der Waals surface area contributed by atoms with Gasteiger partial charge in [-0.3, -0.25) is 9.36 Å². The van der Waals surface area contributed by atoms with Crippen molar-refractivity contribution in [3.63, 3.8) is 0 Å². The molecule has 0 fully saturated rings. The molecule has 164 valence electrons. The van der Waals surface area contributed by atoms with Gasteiger partial charge in [0.25, 0.3) is 0 Å². The van der Waals surface area contributed by atoms with Gasteiger partial charge in [0.05, 0.1) is 22.3 Å². The number of fused-ring (bicyclic) bond motifs is 1. The average molecular weight is 439 g/mol. The van der Waals surface area contributed by atoms with Gasteiger partial charge in [0.2, 0.25) is 0 Å². The molecule has 0 amide bonds. The molecule has 0 radical (unpaired) electrons. The molecule has 4 aromatic rings. The lowest BCUT2D eigenvalue weighted by Gasteiger charge is -2.12. The Morgan fingerprint density at radius 1 is 1.21 bits per heavy atom. The van der Waals surface area contributed by atoms with Crippen LogP contribution < -0.4 is 16.8 Å². The quantitative estimate of drug-likeness (QED) is 0.306. The average Bonchev–Trinajstić information content (AvgIpc) is 3.41. The summed E-state index contributed by atoms with van der Waals surface area (Å²) in [5.41, 5.74) is 15.4. The van der Waals surface area contributed by atoms with E-state index in [-0.39, 0.29) is 11.5 Å².